The number of esters is 1. The molecule has 0 saturated carbocycles. The Balaban J connectivity index is 0.00000280. The van der Waals surface area contributed by atoms with Crippen molar-refractivity contribution in [2.24, 2.45) is 5.10 Å². The first-order valence-electron chi connectivity index (χ1n) is 7.72. The van der Waals surface area contributed by atoms with Crippen LogP contribution in [0.3, 0.4) is 0 Å². The van der Waals surface area contributed by atoms with Crippen molar-refractivity contribution in [1.82, 2.24) is 0 Å². The molecule has 0 aliphatic carbocycles. The topological polar surface area (TPSA) is 115 Å². The van der Waals surface area contributed by atoms with Gasteiger partial charge in [0, 0.05) is 0 Å². The lowest BCUT2D eigenvalue weighted by molar-refractivity contribution is -0.402. The minimum Gasteiger partial charge on any atom is -0.462 e. The maximum absolute atomic E-state index is 12.6. The number of amides is 1. The van der Waals surface area contributed by atoms with Crippen molar-refractivity contribution in [2.75, 3.05) is 11.6 Å². The number of halogens is 2. The minimum absolute atomic E-state index is 0. The molecule has 0 fully saturated rings. The van der Waals surface area contributed by atoms with Crippen LogP contribution in [0, 0.1) is 10.1 Å². The van der Waals surface area contributed by atoms with Crippen LogP contribution in [0.2, 0.25) is 0 Å². The van der Waals surface area contributed by atoms with Crippen LogP contribution in [0.15, 0.2) is 51.5 Å². The highest BCUT2D eigenvalue weighted by Crippen LogP contribution is 2.28. The van der Waals surface area contributed by atoms with Crippen LogP contribution in [0.4, 0.5) is 11.6 Å². The molecule has 2 aromatic rings. The summed E-state index contributed by atoms with van der Waals surface area (Å²) < 4.78 is 9.90. The highest BCUT2D eigenvalue weighted by Gasteiger charge is 2.31. The number of nitro groups is 1. The molecule has 1 aromatic heterocycles. The van der Waals surface area contributed by atoms with Crippen LogP contribution in [-0.4, -0.2) is 28.6 Å². The van der Waals surface area contributed by atoms with Gasteiger partial charge in [-0.2, -0.15) is 10.1 Å². The molecule has 1 aliphatic rings. The van der Waals surface area contributed by atoms with Crippen LogP contribution in [-0.2, 0) is 9.53 Å². The van der Waals surface area contributed by atoms with E-state index >= 15 is 0 Å². The fourth-order valence-electron chi connectivity index (χ4n) is 2.30. The molecule has 0 saturated heterocycles. The molecule has 0 atom stereocenters. The van der Waals surface area contributed by atoms with Gasteiger partial charge in [0.25, 0.3) is 5.91 Å². The number of carbonyl (C=O) groups excluding carboxylic acids is 2. The van der Waals surface area contributed by atoms with Gasteiger partial charge >= 0.3 is 11.9 Å². The summed E-state index contributed by atoms with van der Waals surface area (Å²) in [6.45, 7) is 1.96. The van der Waals surface area contributed by atoms with Gasteiger partial charge in [0.1, 0.15) is 10.7 Å². The second-order valence-electron chi connectivity index (χ2n) is 5.27. The molecule has 0 N–H and O–H groups in total. The number of hydrogen-bond acceptors (Lipinski definition) is 7. The number of ether oxygens (including phenoxy) is 1. The Morgan fingerprint density at radius 3 is 2.57 bits per heavy atom. The van der Waals surface area contributed by atoms with E-state index in [-0.39, 0.29) is 35.5 Å². The molecule has 0 unspecified atom stereocenters. The molecule has 3 rings (SSSR count). The van der Waals surface area contributed by atoms with Crippen molar-refractivity contribution in [3.63, 3.8) is 0 Å². The Morgan fingerprint density at radius 2 is 2.00 bits per heavy atom. The smallest absolute Gasteiger partial charge is 0.433 e. The Kier molecular flexibility index (Phi) is 6.55. The number of nitrogens with zero attached hydrogens (tertiary/aromatic N) is 3. The predicted octanol–water partition coefficient (Wildman–Crippen LogP) is 3.77. The van der Waals surface area contributed by atoms with E-state index in [4.69, 9.17) is 20.8 Å². The molecule has 146 valence electrons. The molecule has 0 bridgehead atoms. The minimum atomic E-state index is -0.689. The van der Waals surface area contributed by atoms with E-state index in [9.17, 15) is 19.7 Å². The lowest BCUT2D eigenvalue weighted by Gasteiger charge is -2.11. The Labute approximate surface area is 169 Å². The molecule has 11 heteroatoms. The number of furan rings is 1. The number of anilines is 1. The molecular weight excluding hydrogens is 413 g/mol. The lowest BCUT2D eigenvalue weighted by Crippen LogP contribution is -2.21. The summed E-state index contributed by atoms with van der Waals surface area (Å²) in [5, 5.41) is 15.6. The second-order valence-corrected chi connectivity index (χ2v) is 5.62. The van der Waals surface area contributed by atoms with Crippen LogP contribution in [0.5, 0.6) is 0 Å². The highest BCUT2D eigenvalue weighted by atomic mass is 35.5. The van der Waals surface area contributed by atoms with Gasteiger partial charge in [-0.3, -0.25) is 14.9 Å². The van der Waals surface area contributed by atoms with Gasteiger partial charge in [-0.05, 0) is 43.3 Å². The van der Waals surface area contributed by atoms with E-state index in [1.165, 1.54) is 42.5 Å². The molecule has 0 spiro atoms. The highest BCUT2D eigenvalue weighted by molar-refractivity contribution is 6.74. The second kappa shape index (κ2) is 8.68. The third kappa shape index (κ3) is 4.21. The fourth-order valence-corrected chi connectivity index (χ4v) is 2.51. The van der Waals surface area contributed by atoms with Crippen molar-refractivity contribution in [3.05, 3.63) is 63.4 Å². The van der Waals surface area contributed by atoms with Crippen molar-refractivity contribution in [1.29, 1.82) is 0 Å². The molecule has 0 radical (unpaired) electrons. The quantitative estimate of drug-likeness (QED) is 0.311. The van der Waals surface area contributed by atoms with Crippen molar-refractivity contribution < 1.29 is 23.7 Å². The molecule has 28 heavy (non-hydrogen) atoms. The first-order chi connectivity index (χ1) is 12.9. The van der Waals surface area contributed by atoms with Gasteiger partial charge in [0.05, 0.1) is 29.5 Å². The SMILES string of the molecule is CCOC(=O)c1ccc(N2N=C(Cl)C(=Cc3ccc([N+](=O)[O-])o3)C2=O)cc1.Cl. The summed E-state index contributed by atoms with van der Waals surface area (Å²) in [5.41, 5.74) is 0.747. The summed E-state index contributed by atoms with van der Waals surface area (Å²) in [6, 6.07) is 8.57. The first kappa shape index (κ1) is 21.1. The number of hydrazone groups is 1. The van der Waals surface area contributed by atoms with E-state index in [1.54, 1.807) is 6.92 Å². The number of carbonyl (C=O) groups is 2. The zero-order chi connectivity index (χ0) is 19.6. The summed E-state index contributed by atoms with van der Waals surface area (Å²) in [4.78, 5) is 34.2. The third-order valence-corrected chi connectivity index (χ3v) is 3.81. The number of benzene rings is 1. The van der Waals surface area contributed by atoms with E-state index in [0.29, 0.717) is 11.3 Å². The van der Waals surface area contributed by atoms with Crippen LogP contribution in [0.25, 0.3) is 6.08 Å². The van der Waals surface area contributed by atoms with Crippen LogP contribution >= 0.6 is 24.0 Å². The molecule has 2 heterocycles. The van der Waals surface area contributed by atoms with Crippen LogP contribution < -0.4 is 5.01 Å². The maximum atomic E-state index is 12.6. The molecule has 1 amide bonds. The molecule has 1 aliphatic heterocycles. The summed E-state index contributed by atoms with van der Waals surface area (Å²) in [7, 11) is 0. The average Bonchev–Trinajstić information content (AvgIpc) is 3.23. The van der Waals surface area contributed by atoms with Gasteiger partial charge in [0.2, 0.25) is 0 Å². The van der Waals surface area contributed by atoms with Gasteiger partial charge in [-0.25, -0.2) is 4.79 Å². The number of rotatable bonds is 5. The molecule has 1 aromatic carbocycles. The lowest BCUT2D eigenvalue weighted by atomic mass is 10.2. The van der Waals surface area contributed by atoms with E-state index < -0.39 is 22.7 Å². The number of hydrogen-bond donors (Lipinski definition) is 0. The van der Waals surface area contributed by atoms with Crippen molar-refractivity contribution >= 4 is 58.7 Å². The fraction of sp³-hybridized carbons (Fsp3) is 0.118. The summed E-state index contributed by atoms with van der Waals surface area (Å²) >= 11 is 6.03. The van der Waals surface area contributed by atoms with Gasteiger partial charge < -0.3 is 9.15 Å². The third-order valence-electron chi connectivity index (χ3n) is 3.53. The molecule has 9 nitrogen and oxygen atoms in total. The Hall–Kier alpha value is -3.17. The van der Waals surface area contributed by atoms with Crippen LogP contribution in [0.1, 0.15) is 23.0 Å². The van der Waals surface area contributed by atoms with Gasteiger partial charge in [-0.1, -0.05) is 11.6 Å². The van der Waals surface area contributed by atoms with E-state index in [0.717, 1.165) is 5.01 Å². The largest absolute Gasteiger partial charge is 0.462 e. The monoisotopic (exact) mass is 425 g/mol. The normalized spacial score (nSPS) is 14.6. The summed E-state index contributed by atoms with van der Waals surface area (Å²) in [6.07, 6.45) is 1.27. The van der Waals surface area contributed by atoms with Gasteiger partial charge in [-0.15, -0.1) is 12.4 Å². The van der Waals surface area contributed by atoms with Crippen molar-refractivity contribution in [2.45, 2.75) is 6.92 Å². The summed E-state index contributed by atoms with van der Waals surface area (Å²) in [5.74, 6) is -1.37. The maximum Gasteiger partial charge on any atom is 0.433 e. The van der Waals surface area contributed by atoms with E-state index in [2.05, 4.69) is 5.10 Å². The molecular formula is C17H13Cl2N3O6. The Bertz CT molecular complexity index is 981. The zero-order valence-electron chi connectivity index (χ0n) is 14.3. The van der Waals surface area contributed by atoms with E-state index in [1.807, 2.05) is 0 Å². The Morgan fingerprint density at radius 1 is 1.32 bits per heavy atom. The first-order valence-corrected chi connectivity index (χ1v) is 8.10. The zero-order valence-corrected chi connectivity index (χ0v) is 15.9. The predicted molar refractivity (Wildman–Crippen MR) is 104 cm³/mol. The van der Waals surface area contributed by atoms with Crippen molar-refractivity contribution in [3.8, 4) is 0 Å². The standard InChI is InChI=1S/C17H12ClN3O6.ClH/c1-2-26-17(23)10-3-5-11(6-4-10)20-16(22)13(15(18)19-20)9-12-7-8-14(27-12)21(24)25;/h3-9H,2H2,1H3;1H. The van der Waals surface area contributed by atoms with Gasteiger partial charge in [0.15, 0.2) is 5.17 Å². The average molecular weight is 426 g/mol.